The standard InChI is InChI=1S/C29H41NO/c1-8-15-30-16-9-10-25(30)27(31)26-23-17-19(28(2,3)4)11-13-21(23)22-14-12-20(18-24(22)26)29(5,6)7/h11-14,17-18,25-27,31H,8-10,15-16H2,1-7H3/t25-,27-/m0/s1. The largest absolute Gasteiger partial charge is 0.391 e. The fourth-order valence-electron chi connectivity index (χ4n) is 5.62. The number of likely N-dealkylation sites (tertiary alicyclic amines) is 1. The molecule has 1 aliphatic carbocycles. The quantitative estimate of drug-likeness (QED) is 0.601. The first-order valence-electron chi connectivity index (χ1n) is 12.2. The van der Waals surface area contributed by atoms with Gasteiger partial charge in [-0.05, 0) is 76.6 Å². The minimum absolute atomic E-state index is 0.0528. The first-order valence-corrected chi connectivity index (χ1v) is 12.2. The van der Waals surface area contributed by atoms with Gasteiger partial charge in [-0.1, -0.05) is 84.9 Å². The third-order valence-electron chi connectivity index (χ3n) is 7.46. The van der Waals surface area contributed by atoms with Crippen molar-refractivity contribution < 1.29 is 5.11 Å². The maximum atomic E-state index is 11.9. The van der Waals surface area contributed by atoms with E-state index in [1.165, 1.54) is 39.8 Å². The fourth-order valence-corrected chi connectivity index (χ4v) is 5.62. The number of hydrogen-bond donors (Lipinski definition) is 1. The molecule has 31 heavy (non-hydrogen) atoms. The summed E-state index contributed by atoms with van der Waals surface area (Å²) in [6, 6.07) is 14.2. The highest BCUT2D eigenvalue weighted by Crippen LogP contribution is 2.50. The Bertz CT molecular complexity index is 883. The average molecular weight is 420 g/mol. The number of benzene rings is 2. The average Bonchev–Trinajstić information content (AvgIpc) is 3.27. The molecule has 1 N–H and O–H groups in total. The molecule has 0 aromatic heterocycles. The molecule has 0 saturated carbocycles. The smallest absolute Gasteiger partial charge is 0.0804 e. The van der Waals surface area contributed by atoms with Crippen LogP contribution in [0.4, 0.5) is 0 Å². The summed E-state index contributed by atoms with van der Waals surface area (Å²) in [5.41, 5.74) is 8.16. The van der Waals surface area contributed by atoms with Crippen LogP contribution in [0.15, 0.2) is 36.4 Å². The highest BCUT2D eigenvalue weighted by atomic mass is 16.3. The molecule has 2 aromatic rings. The van der Waals surface area contributed by atoms with Gasteiger partial charge in [0.15, 0.2) is 0 Å². The Morgan fingerprint density at radius 3 is 1.87 bits per heavy atom. The zero-order chi connectivity index (χ0) is 22.6. The topological polar surface area (TPSA) is 23.5 Å². The summed E-state index contributed by atoms with van der Waals surface area (Å²) < 4.78 is 0. The molecule has 0 amide bonds. The monoisotopic (exact) mass is 419 g/mol. The van der Waals surface area contributed by atoms with Crippen LogP contribution in [0.25, 0.3) is 11.1 Å². The number of aliphatic hydroxyl groups is 1. The molecule has 2 nitrogen and oxygen atoms in total. The number of aliphatic hydroxyl groups excluding tert-OH is 1. The molecule has 1 fully saturated rings. The molecule has 0 radical (unpaired) electrons. The van der Waals surface area contributed by atoms with Gasteiger partial charge in [-0.3, -0.25) is 4.90 Å². The molecule has 2 aliphatic rings. The van der Waals surface area contributed by atoms with Gasteiger partial charge in [0.2, 0.25) is 0 Å². The lowest BCUT2D eigenvalue weighted by atomic mass is 9.80. The van der Waals surface area contributed by atoms with E-state index in [9.17, 15) is 5.11 Å². The summed E-state index contributed by atoms with van der Waals surface area (Å²) in [6.07, 6.45) is 3.06. The van der Waals surface area contributed by atoms with Crippen LogP contribution in [0.3, 0.4) is 0 Å². The number of fused-ring (bicyclic) bond motifs is 3. The van der Waals surface area contributed by atoms with Gasteiger partial charge < -0.3 is 5.11 Å². The van der Waals surface area contributed by atoms with Crippen molar-refractivity contribution in [1.82, 2.24) is 4.90 Å². The van der Waals surface area contributed by atoms with Crippen LogP contribution < -0.4 is 0 Å². The molecular weight excluding hydrogens is 378 g/mol. The molecule has 4 rings (SSSR count). The SMILES string of the molecule is CCCN1CCC[C@H]1[C@H](O)C1c2cc(C(C)(C)C)ccc2-c2ccc(C(C)(C)C)cc21. The second kappa shape index (κ2) is 8.05. The summed E-state index contributed by atoms with van der Waals surface area (Å²) in [5.74, 6) is 0.0528. The van der Waals surface area contributed by atoms with E-state index in [1.807, 2.05) is 0 Å². The van der Waals surface area contributed by atoms with Crippen LogP contribution in [0.5, 0.6) is 0 Å². The first kappa shape index (κ1) is 22.6. The van der Waals surface area contributed by atoms with Crippen LogP contribution in [0.2, 0.25) is 0 Å². The minimum Gasteiger partial charge on any atom is -0.391 e. The lowest BCUT2D eigenvalue weighted by molar-refractivity contribution is 0.0617. The van der Waals surface area contributed by atoms with Crippen LogP contribution in [0.1, 0.15) is 95.9 Å². The molecule has 2 atom stereocenters. The van der Waals surface area contributed by atoms with E-state index in [-0.39, 0.29) is 28.9 Å². The first-order chi connectivity index (χ1) is 14.5. The molecule has 2 heteroatoms. The van der Waals surface area contributed by atoms with Gasteiger partial charge >= 0.3 is 0 Å². The zero-order valence-electron chi connectivity index (χ0n) is 20.6. The molecule has 0 bridgehead atoms. The Morgan fingerprint density at radius 1 is 0.903 bits per heavy atom. The van der Waals surface area contributed by atoms with E-state index in [4.69, 9.17) is 0 Å². The summed E-state index contributed by atoms with van der Waals surface area (Å²) in [7, 11) is 0. The van der Waals surface area contributed by atoms with Gasteiger partial charge in [-0.15, -0.1) is 0 Å². The Balaban J connectivity index is 1.85. The van der Waals surface area contributed by atoms with E-state index < -0.39 is 0 Å². The van der Waals surface area contributed by atoms with E-state index in [0.29, 0.717) is 0 Å². The van der Waals surface area contributed by atoms with Crippen LogP contribution in [-0.2, 0) is 10.8 Å². The summed E-state index contributed by atoms with van der Waals surface area (Å²) in [4.78, 5) is 2.53. The van der Waals surface area contributed by atoms with E-state index in [0.717, 1.165) is 25.9 Å². The van der Waals surface area contributed by atoms with E-state index in [1.54, 1.807) is 0 Å². The van der Waals surface area contributed by atoms with Crippen molar-refractivity contribution in [1.29, 1.82) is 0 Å². The zero-order valence-corrected chi connectivity index (χ0v) is 20.6. The highest BCUT2D eigenvalue weighted by Gasteiger charge is 2.41. The van der Waals surface area contributed by atoms with Crippen molar-refractivity contribution >= 4 is 0 Å². The third kappa shape index (κ3) is 4.10. The van der Waals surface area contributed by atoms with Crippen molar-refractivity contribution in [2.45, 2.75) is 96.6 Å². The van der Waals surface area contributed by atoms with Crippen molar-refractivity contribution in [3.8, 4) is 11.1 Å². The Labute approximate surface area is 189 Å². The van der Waals surface area contributed by atoms with Gasteiger partial charge in [0.25, 0.3) is 0 Å². The molecular formula is C29H41NO. The van der Waals surface area contributed by atoms with Gasteiger partial charge in [0.05, 0.1) is 6.10 Å². The number of hydrogen-bond acceptors (Lipinski definition) is 2. The van der Waals surface area contributed by atoms with Gasteiger partial charge in [0.1, 0.15) is 0 Å². The summed E-state index contributed by atoms with van der Waals surface area (Å²) in [6.45, 7) is 18.1. The normalized spacial score (nSPS) is 20.7. The summed E-state index contributed by atoms with van der Waals surface area (Å²) >= 11 is 0. The fraction of sp³-hybridized carbons (Fsp3) is 0.586. The Kier molecular flexibility index (Phi) is 5.85. The molecule has 2 aromatic carbocycles. The highest BCUT2D eigenvalue weighted by molar-refractivity contribution is 5.80. The minimum atomic E-state index is -0.375. The van der Waals surface area contributed by atoms with Crippen LogP contribution in [0, 0.1) is 0 Å². The lowest BCUT2D eigenvalue weighted by Gasteiger charge is -2.33. The third-order valence-corrected chi connectivity index (χ3v) is 7.46. The lowest BCUT2D eigenvalue weighted by Crippen LogP contribution is -2.42. The van der Waals surface area contributed by atoms with Crippen molar-refractivity contribution in [2.24, 2.45) is 0 Å². The van der Waals surface area contributed by atoms with Gasteiger partial charge in [0, 0.05) is 12.0 Å². The van der Waals surface area contributed by atoms with E-state index in [2.05, 4.69) is 89.8 Å². The van der Waals surface area contributed by atoms with Gasteiger partial charge in [-0.2, -0.15) is 0 Å². The second-order valence-electron chi connectivity index (χ2n) is 11.8. The maximum absolute atomic E-state index is 11.9. The predicted molar refractivity (Wildman–Crippen MR) is 132 cm³/mol. The molecule has 1 aliphatic heterocycles. The number of nitrogens with zero attached hydrogens (tertiary/aromatic N) is 1. The van der Waals surface area contributed by atoms with Crippen molar-refractivity contribution in [3.63, 3.8) is 0 Å². The molecule has 0 spiro atoms. The van der Waals surface area contributed by atoms with Crippen molar-refractivity contribution in [2.75, 3.05) is 13.1 Å². The molecule has 1 saturated heterocycles. The second-order valence-corrected chi connectivity index (χ2v) is 11.8. The van der Waals surface area contributed by atoms with E-state index >= 15 is 0 Å². The van der Waals surface area contributed by atoms with Crippen LogP contribution in [-0.4, -0.2) is 35.2 Å². The Morgan fingerprint density at radius 2 is 1.42 bits per heavy atom. The van der Waals surface area contributed by atoms with Gasteiger partial charge in [-0.25, -0.2) is 0 Å². The Hall–Kier alpha value is -1.64. The molecule has 1 heterocycles. The summed E-state index contributed by atoms with van der Waals surface area (Å²) in [5, 5.41) is 11.9. The van der Waals surface area contributed by atoms with Crippen molar-refractivity contribution in [3.05, 3.63) is 58.7 Å². The number of rotatable bonds is 4. The van der Waals surface area contributed by atoms with Crippen LogP contribution >= 0.6 is 0 Å². The maximum Gasteiger partial charge on any atom is 0.0804 e. The molecule has 168 valence electrons. The molecule has 0 unspecified atom stereocenters. The predicted octanol–water partition coefficient (Wildman–Crippen LogP) is 6.63.